The Morgan fingerprint density at radius 2 is 2.05 bits per heavy atom. The van der Waals surface area contributed by atoms with Crippen molar-refractivity contribution in [3.8, 4) is 0 Å². The molecule has 1 N–H and O–H groups in total. The molecule has 1 amide bonds. The summed E-state index contributed by atoms with van der Waals surface area (Å²) < 4.78 is 0. The maximum atomic E-state index is 12.7. The third kappa shape index (κ3) is 2.42. The summed E-state index contributed by atoms with van der Waals surface area (Å²) >= 11 is 1.79. The number of hydrogen-bond donors (Lipinski definition) is 1. The molecule has 0 spiro atoms. The first-order valence-corrected chi connectivity index (χ1v) is 7.88. The SMILES string of the molecule is O=C(O)C1CCN(C(=O)C2CCSc3ccccc32)C1. The molecule has 2 heterocycles. The van der Waals surface area contributed by atoms with E-state index in [-0.39, 0.29) is 11.8 Å². The minimum absolute atomic E-state index is 0.0972. The molecule has 2 unspecified atom stereocenters. The Bertz CT molecular complexity index is 546. The average molecular weight is 291 g/mol. The summed E-state index contributed by atoms with van der Waals surface area (Å²) in [5.41, 5.74) is 1.10. The van der Waals surface area contributed by atoms with Crippen molar-refractivity contribution in [3.63, 3.8) is 0 Å². The highest BCUT2D eigenvalue weighted by atomic mass is 32.2. The molecule has 2 aliphatic rings. The lowest BCUT2D eigenvalue weighted by molar-refractivity contribution is -0.141. The van der Waals surface area contributed by atoms with Crippen molar-refractivity contribution in [3.05, 3.63) is 29.8 Å². The van der Waals surface area contributed by atoms with Gasteiger partial charge in [-0.05, 0) is 30.2 Å². The van der Waals surface area contributed by atoms with Gasteiger partial charge in [0.2, 0.25) is 5.91 Å². The Kier molecular flexibility index (Phi) is 3.70. The molecule has 20 heavy (non-hydrogen) atoms. The maximum absolute atomic E-state index is 12.7. The van der Waals surface area contributed by atoms with Crippen LogP contribution in [0.15, 0.2) is 29.2 Å². The second-order valence-corrected chi connectivity index (χ2v) is 6.47. The molecule has 0 aliphatic carbocycles. The summed E-state index contributed by atoms with van der Waals surface area (Å²) in [6.07, 6.45) is 1.42. The van der Waals surface area contributed by atoms with E-state index in [9.17, 15) is 9.59 Å². The fourth-order valence-corrected chi connectivity index (χ4v) is 4.11. The summed E-state index contributed by atoms with van der Waals surface area (Å²) in [5, 5.41) is 9.04. The summed E-state index contributed by atoms with van der Waals surface area (Å²) in [4.78, 5) is 26.6. The van der Waals surface area contributed by atoms with Gasteiger partial charge in [-0.15, -0.1) is 11.8 Å². The molecule has 3 rings (SSSR count). The van der Waals surface area contributed by atoms with Crippen LogP contribution >= 0.6 is 11.8 Å². The van der Waals surface area contributed by atoms with E-state index in [1.165, 1.54) is 4.90 Å². The number of amides is 1. The number of carbonyl (C=O) groups excluding carboxylic acids is 1. The molecule has 0 bridgehead atoms. The molecule has 0 aromatic heterocycles. The number of benzene rings is 1. The Hall–Kier alpha value is -1.49. The van der Waals surface area contributed by atoms with Gasteiger partial charge in [0, 0.05) is 18.0 Å². The zero-order valence-electron chi connectivity index (χ0n) is 11.1. The Morgan fingerprint density at radius 3 is 2.80 bits per heavy atom. The van der Waals surface area contributed by atoms with E-state index in [0.717, 1.165) is 17.7 Å². The molecule has 2 atom stereocenters. The van der Waals surface area contributed by atoms with E-state index >= 15 is 0 Å². The number of carboxylic acid groups (broad SMARTS) is 1. The van der Waals surface area contributed by atoms with Crippen LogP contribution in [0.2, 0.25) is 0 Å². The highest BCUT2D eigenvalue weighted by molar-refractivity contribution is 7.99. The molecular weight excluding hydrogens is 274 g/mol. The normalized spacial score (nSPS) is 25.3. The molecule has 106 valence electrons. The summed E-state index contributed by atoms with van der Waals surface area (Å²) in [6, 6.07) is 8.04. The predicted octanol–water partition coefficient (Wildman–Crippen LogP) is 2.20. The summed E-state index contributed by atoms with van der Waals surface area (Å²) in [6.45, 7) is 0.932. The number of nitrogens with zero attached hydrogens (tertiary/aromatic N) is 1. The number of rotatable bonds is 2. The van der Waals surface area contributed by atoms with Gasteiger partial charge in [0.1, 0.15) is 0 Å². The van der Waals surface area contributed by atoms with Crippen molar-refractivity contribution in [2.24, 2.45) is 5.92 Å². The maximum Gasteiger partial charge on any atom is 0.308 e. The Balaban J connectivity index is 1.78. The third-order valence-electron chi connectivity index (χ3n) is 4.11. The molecule has 0 saturated carbocycles. The molecular formula is C15H17NO3S. The minimum atomic E-state index is -0.792. The molecule has 1 aromatic rings. The van der Waals surface area contributed by atoms with Gasteiger partial charge in [-0.25, -0.2) is 0 Å². The van der Waals surface area contributed by atoms with Gasteiger partial charge in [0.05, 0.1) is 11.8 Å². The molecule has 1 saturated heterocycles. The van der Waals surface area contributed by atoms with Gasteiger partial charge in [-0.1, -0.05) is 18.2 Å². The van der Waals surface area contributed by atoms with Crippen molar-refractivity contribution in [1.29, 1.82) is 0 Å². The highest BCUT2D eigenvalue weighted by Gasteiger charge is 2.36. The standard InChI is InChI=1S/C15H17NO3S/c17-14(16-7-5-10(9-16)15(18)19)12-6-8-20-13-4-2-1-3-11(12)13/h1-4,10,12H,5-9H2,(H,18,19). The van der Waals surface area contributed by atoms with E-state index in [4.69, 9.17) is 5.11 Å². The number of carbonyl (C=O) groups is 2. The quantitative estimate of drug-likeness (QED) is 0.907. The summed E-state index contributed by atoms with van der Waals surface area (Å²) in [7, 11) is 0. The van der Waals surface area contributed by atoms with Crippen LogP contribution < -0.4 is 0 Å². The molecule has 4 nitrogen and oxygen atoms in total. The third-order valence-corrected chi connectivity index (χ3v) is 5.23. The zero-order chi connectivity index (χ0) is 14.1. The van der Waals surface area contributed by atoms with Gasteiger partial charge in [-0.3, -0.25) is 9.59 Å². The van der Waals surface area contributed by atoms with Crippen LogP contribution in [0.25, 0.3) is 0 Å². The monoisotopic (exact) mass is 291 g/mol. The second-order valence-electron chi connectivity index (χ2n) is 5.34. The van der Waals surface area contributed by atoms with Crippen molar-refractivity contribution >= 4 is 23.6 Å². The van der Waals surface area contributed by atoms with Crippen molar-refractivity contribution in [2.45, 2.75) is 23.7 Å². The lowest BCUT2D eigenvalue weighted by Crippen LogP contribution is -2.35. The van der Waals surface area contributed by atoms with Crippen LogP contribution in [0.4, 0.5) is 0 Å². The van der Waals surface area contributed by atoms with E-state index in [0.29, 0.717) is 19.5 Å². The van der Waals surface area contributed by atoms with Crippen LogP contribution in [-0.2, 0) is 9.59 Å². The molecule has 0 radical (unpaired) electrons. The number of fused-ring (bicyclic) bond motifs is 1. The number of carboxylic acids is 1. The molecule has 2 aliphatic heterocycles. The minimum Gasteiger partial charge on any atom is -0.481 e. The largest absolute Gasteiger partial charge is 0.481 e. The van der Waals surface area contributed by atoms with Gasteiger partial charge < -0.3 is 10.0 Å². The van der Waals surface area contributed by atoms with E-state index in [2.05, 4.69) is 6.07 Å². The highest BCUT2D eigenvalue weighted by Crippen LogP contribution is 2.38. The van der Waals surface area contributed by atoms with E-state index in [1.54, 1.807) is 16.7 Å². The fraction of sp³-hybridized carbons (Fsp3) is 0.467. The van der Waals surface area contributed by atoms with E-state index in [1.807, 2.05) is 18.2 Å². The van der Waals surface area contributed by atoms with Gasteiger partial charge in [-0.2, -0.15) is 0 Å². The molecule has 1 fully saturated rings. The van der Waals surface area contributed by atoms with Crippen LogP contribution in [-0.4, -0.2) is 40.7 Å². The lowest BCUT2D eigenvalue weighted by Gasteiger charge is -2.28. The van der Waals surface area contributed by atoms with Crippen LogP contribution in [0.1, 0.15) is 24.3 Å². The smallest absolute Gasteiger partial charge is 0.308 e. The molecule has 5 heteroatoms. The number of likely N-dealkylation sites (tertiary alicyclic amines) is 1. The van der Waals surface area contributed by atoms with Crippen LogP contribution in [0.5, 0.6) is 0 Å². The number of hydrogen-bond acceptors (Lipinski definition) is 3. The Labute approximate surface area is 122 Å². The van der Waals surface area contributed by atoms with Crippen LogP contribution in [0, 0.1) is 5.92 Å². The first kappa shape index (κ1) is 13.5. The van der Waals surface area contributed by atoms with Gasteiger partial charge >= 0.3 is 5.97 Å². The molecule has 1 aromatic carbocycles. The lowest BCUT2D eigenvalue weighted by atomic mass is 9.94. The zero-order valence-corrected chi connectivity index (χ0v) is 11.9. The van der Waals surface area contributed by atoms with Gasteiger partial charge in [0.15, 0.2) is 0 Å². The van der Waals surface area contributed by atoms with Crippen molar-refractivity contribution in [1.82, 2.24) is 4.90 Å². The Morgan fingerprint density at radius 1 is 1.25 bits per heavy atom. The summed E-state index contributed by atoms with van der Waals surface area (Å²) in [5.74, 6) is -0.238. The van der Waals surface area contributed by atoms with Crippen molar-refractivity contribution in [2.75, 3.05) is 18.8 Å². The van der Waals surface area contributed by atoms with Crippen molar-refractivity contribution < 1.29 is 14.7 Å². The fourth-order valence-electron chi connectivity index (χ4n) is 2.98. The number of aliphatic carboxylic acids is 1. The van der Waals surface area contributed by atoms with Gasteiger partial charge in [0.25, 0.3) is 0 Å². The van der Waals surface area contributed by atoms with Crippen LogP contribution in [0.3, 0.4) is 0 Å². The first-order valence-electron chi connectivity index (χ1n) is 6.90. The second kappa shape index (κ2) is 5.48. The van der Waals surface area contributed by atoms with E-state index < -0.39 is 11.9 Å². The number of thioether (sulfide) groups is 1. The topological polar surface area (TPSA) is 57.6 Å². The average Bonchev–Trinajstić information content (AvgIpc) is 2.96. The predicted molar refractivity (Wildman–Crippen MR) is 76.8 cm³/mol. The first-order chi connectivity index (χ1) is 9.66.